The van der Waals surface area contributed by atoms with Gasteiger partial charge in [-0.3, -0.25) is 10.1 Å². The number of nitro groups is 1. The molecule has 1 aromatic rings. The van der Waals surface area contributed by atoms with Crippen molar-refractivity contribution in [3.63, 3.8) is 0 Å². The minimum atomic E-state index is -1.35. The second-order valence-electron chi connectivity index (χ2n) is 3.67. The van der Waals surface area contributed by atoms with Gasteiger partial charge in [0.25, 0.3) is 5.69 Å². The van der Waals surface area contributed by atoms with Crippen molar-refractivity contribution in [2.45, 2.75) is 12.5 Å². The lowest BCUT2D eigenvalue weighted by atomic mass is 9.93. The number of rotatable bonds is 2. The van der Waals surface area contributed by atoms with Crippen LogP contribution >= 0.6 is 0 Å². The first-order valence-electron chi connectivity index (χ1n) is 4.50. The van der Waals surface area contributed by atoms with Crippen LogP contribution < -0.4 is 10.9 Å². The number of aliphatic carboxylic acids is 1. The Hall–Kier alpha value is -2.15. The fourth-order valence-electron chi connectivity index (χ4n) is 1.60. The van der Waals surface area contributed by atoms with Crippen LogP contribution in [0.1, 0.15) is 12.5 Å². The number of carboxylic acids is 1. The van der Waals surface area contributed by atoms with Gasteiger partial charge in [0.15, 0.2) is 5.54 Å². The molecular formula is C9H9N3O4. The molecule has 0 amide bonds. The van der Waals surface area contributed by atoms with Crippen molar-refractivity contribution in [1.29, 1.82) is 0 Å². The molecule has 0 spiro atoms. The molecule has 0 bridgehead atoms. The van der Waals surface area contributed by atoms with E-state index in [-0.39, 0.29) is 5.69 Å². The first kappa shape index (κ1) is 10.4. The van der Waals surface area contributed by atoms with Gasteiger partial charge in [-0.05, 0) is 13.0 Å². The summed E-state index contributed by atoms with van der Waals surface area (Å²) in [6.45, 7) is 1.44. The number of hydrazine groups is 1. The predicted octanol–water partition coefficient (Wildman–Crippen LogP) is 0.825. The number of carboxylic acid groups (broad SMARTS) is 1. The molecule has 3 N–H and O–H groups in total. The fraction of sp³-hybridized carbons (Fsp3) is 0.222. The highest BCUT2D eigenvalue weighted by atomic mass is 16.6. The summed E-state index contributed by atoms with van der Waals surface area (Å²) < 4.78 is 0. The van der Waals surface area contributed by atoms with Crippen molar-refractivity contribution in [2.75, 3.05) is 5.43 Å². The van der Waals surface area contributed by atoms with Gasteiger partial charge in [0.1, 0.15) is 0 Å². The highest BCUT2D eigenvalue weighted by Crippen LogP contribution is 2.35. The van der Waals surface area contributed by atoms with Crippen LogP contribution in [-0.4, -0.2) is 16.0 Å². The normalized spacial score (nSPS) is 22.3. The summed E-state index contributed by atoms with van der Waals surface area (Å²) in [5.74, 6) is -1.10. The summed E-state index contributed by atoms with van der Waals surface area (Å²) in [7, 11) is 0. The third-order valence-electron chi connectivity index (χ3n) is 2.63. The first-order valence-corrected chi connectivity index (χ1v) is 4.50. The maximum atomic E-state index is 11.1. The minimum Gasteiger partial charge on any atom is -0.480 e. The van der Waals surface area contributed by atoms with E-state index in [1.54, 1.807) is 0 Å². The summed E-state index contributed by atoms with van der Waals surface area (Å²) in [5, 5.41) is 19.7. The second kappa shape index (κ2) is 3.17. The van der Waals surface area contributed by atoms with E-state index in [1.807, 2.05) is 0 Å². The summed E-state index contributed by atoms with van der Waals surface area (Å²) in [4.78, 5) is 21.1. The van der Waals surface area contributed by atoms with E-state index in [0.29, 0.717) is 11.3 Å². The molecule has 7 heteroatoms. The van der Waals surface area contributed by atoms with Gasteiger partial charge < -0.3 is 10.5 Å². The molecule has 1 unspecified atom stereocenters. The van der Waals surface area contributed by atoms with Gasteiger partial charge in [-0.2, -0.15) is 0 Å². The molecule has 0 saturated heterocycles. The van der Waals surface area contributed by atoms with Crippen molar-refractivity contribution in [3.8, 4) is 0 Å². The van der Waals surface area contributed by atoms with Crippen LogP contribution in [0.2, 0.25) is 0 Å². The molecule has 84 valence electrons. The lowest BCUT2D eigenvalue weighted by Gasteiger charge is -2.18. The Morgan fingerprint density at radius 3 is 2.81 bits per heavy atom. The predicted molar refractivity (Wildman–Crippen MR) is 54.8 cm³/mol. The minimum absolute atomic E-state index is 0.128. The van der Waals surface area contributed by atoms with Crippen LogP contribution in [0, 0.1) is 10.1 Å². The third kappa shape index (κ3) is 1.29. The Kier molecular flexibility index (Phi) is 2.06. The molecule has 1 aliphatic rings. The van der Waals surface area contributed by atoms with Gasteiger partial charge in [-0.25, -0.2) is 10.2 Å². The van der Waals surface area contributed by atoms with Gasteiger partial charge >= 0.3 is 5.97 Å². The average Bonchev–Trinajstić information content (AvgIpc) is 2.57. The standard InChI is InChI=1S/C9H9N3O4/c1-9(8(13)14)6-4-5(12(15)16)2-3-7(6)10-11-9/h2-4,10-11H,1H3,(H,13,14). The summed E-state index contributed by atoms with van der Waals surface area (Å²) in [6, 6.07) is 4.06. The Bertz CT molecular complexity index is 488. The lowest BCUT2D eigenvalue weighted by molar-refractivity contribution is -0.384. The van der Waals surface area contributed by atoms with Crippen LogP contribution in [0.3, 0.4) is 0 Å². The topological polar surface area (TPSA) is 104 Å². The van der Waals surface area contributed by atoms with E-state index in [2.05, 4.69) is 10.9 Å². The number of hydrogen-bond donors (Lipinski definition) is 3. The Labute approximate surface area is 90.2 Å². The SMILES string of the molecule is CC1(C(=O)O)NNc2ccc([N+](=O)[O-])cc21. The van der Waals surface area contributed by atoms with Crippen molar-refractivity contribution < 1.29 is 14.8 Å². The molecule has 1 atom stereocenters. The Morgan fingerprint density at radius 1 is 1.56 bits per heavy atom. The van der Waals surface area contributed by atoms with Crippen LogP contribution in [0.25, 0.3) is 0 Å². The van der Waals surface area contributed by atoms with Crippen LogP contribution in [0.15, 0.2) is 18.2 Å². The second-order valence-corrected chi connectivity index (χ2v) is 3.67. The van der Waals surface area contributed by atoms with Crippen molar-refractivity contribution >= 4 is 17.3 Å². The number of benzene rings is 1. The van der Waals surface area contributed by atoms with Gasteiger partial charge in [-0.15, -0.1) is 0 Å². The maximum Gasteiger partial charge on any atom is 0.330 e. The molecule has 0 fully saturated rings. The van der Waals surface area contributed by atoms with Gasteiger partial charge in [-0.1, -0.05) is 0 Å². The number of anilines is 1. The third-order valence-corrected chi connectivity index (χ3v) is 2.63. The van der Waals surface area contributed by atoms with E-state index in [0.717, 1.165) is 0 Å². The number of non-ortho nitro benzene ring substituents is 1. The largest absolute Gasteiger partial charge is 0.480 e. The zero-order chi connectivity index (χ0) is 11.9. The lowest BCUT2D eigenvalue weighted by Crippen LogP contribution is -2.43. The Morgan fingerprint density at radius 2 is 2.25 bits per heavy atom. The van der Waals surface area contributed by atoms with E-state index in [4.69, 9.17) is 5.11 Å². The maximum absolute atomic E-state index is 11.1. The molecule has 0 aliphatic carbocycles. The fourth-order valence-corrected chi connectivity index (χ4v) is 1.60. The number of carbonyl (C=O) groups is 1. The molecule has 7 nitrogen and oxygen atoms in total. The number of nitro benzene ring substituents is 1. The van der Waals surface area contributed by atoms with Crippen LogP contribution in [-0.2, 0) is 10.3 Å². The van der Waals surface area contributed by atoms with Crippen LogP contribution in [0.4, 0.5) is 11.4 Å². The van der Waals surface area contributed by atoms with E-state index >= 15 is 0 Å². The molecule has 0 saturated carbocycles. The first-order chi connectivity index (χ1) is 7.45. The molecule has 1 aliphatic heterocycles. The molecule has 16 heavy (non-hydrogen) atoms. The molecule has 1 aromatic carbocycles. The molecule has 1 heterocycles. The number of nitrogens with zero attached hydrogens (tertiary/aromatic N) is 1. The smallest absolute Gasteiger partial charge is 0.330 e. The van der Waals surface area contributed by atoms with Gasteiger partial charge in [0.05, 0.1) is 10.6 Å². The van der Waals surface area contributed by atoms with E-state index in [1.165, 1.54) is 25.1 Å². The van der Waals surface area contributed by atoms with E-state index < -0.39 is 16.4 Å². The van der Waals surface area contributed by atoms with Crippen molar-refractivity contribution in [2.24, 2.45) is 0 Å². The zero-order valence-corrected chi connectivity index (χ0v) is 8.35. The summed E-state index contributed by atoms with van der Waals surface area (Å²) in [5.41, 5.74) is 4.70. The highest BCUT2D eigenvalue weighted by molar-refractivity contribution is 5.85. The average molecular weight is 223 g/mol. The highest BCUT2D eigenvalue weighted by Gasteiger charge is 2.42. The molecule has 2 rings (SSSR count). The zero-order valence-electron chi connectivity index (χ0n) is 8.35. The monoisotopic (exact) mass is 223 g/mol. The van der Waals surface area contributed by atoms with Gasteiger partial charge in [0.2, 0.25) is 0 Å². The Balaban J connectivity index is 2.57. The van der Waals surface area contributed by atoms with Crippen molar-refractivity contribution in [3.05, 3.63) is 33.9 Å². The number of hydrogen-bond acceptors (Lipinski definition) is 5. The molecular weight excluding hydrogens is 214 g/mol. The quantitative estimate of drug-likeness (QED) is 0.506. The number of fused-ring (bicyclic) bond motifs is 1. The molecule has 0 radical (unpaired) electrons. The summed E-state index contributed by atoms with van der Waals surface area (Å²) in [6.07, 6.45) is 0. The summed E-state index contributed by atoms with van der Waals surface area (Å²) >= 11 is 0. The van der Waals surface area contributed by atoms with E-state index in [9.17, 15) is 14.9 Å². The number of nitrogens with one attached hydrogen (secondary N) is 2. The van der Waals surface area contributed by atoms with Gasteiger partial charge in [0, 0.05) is 17.7 Å². The van der Waals surface area contributed by atoms with Crippen molar-refractivity contribution in [1.82, 2.24) is 5.43 Å². The van der Waals surface area contributed by atoms with Crippen LogP contribution in [0.5, 0.6) is 0 Å². The molecule has 0 aromatic heterocycles.